The molecule has 1 aromatic rings. The number of amides is 2. The maximum Gasteiger partial charge on any atom is 0.338 e. The Balaban J connectivity index is 2.17. The predicted octanol–water partition coefficient (Wildman–Crippen LogP) is 1.46. The monoisotopic (exact) mass is 315 g/mol. The molecule has 1 atom stereocenters. The van der Waals surface area contributed by atoms with Crippen molar-refractivity contribution in [3.8, 4) is 11.8 Å². The predicted molar refractivity (Wildman–Crippen MR) is 81.4 cm³/mol. The Morgan fingerprint density at radius 2 is 2.04 bits per heavy atom. The third-order valence-electron chi connectivity index (χ3n) is 3.23. The Bertz CT molecular complexity index is 674. The van der Waals surface area contributed by atoms with E-state index in [9.17, 15) is 9.59 Å². The van der Waals surface area contributed by atoms with Crippen molar-refractivity contribution in [1.82, 2.24) is 10.6 Å². The van der Waals surface area contributed by atoms with E-state index in [4.69, 9.17) is 14.7 Å². The molecule has 0 spiro atoms. The second-order valence-electron chi connectivity index (χ2n) is 4.86. The number of carbonyl (C=O) groups is 2. The minimum atomic E-state index is -0.495. The smallest absolute Gasteiger partial charge is 0.338 e. The Hall–Kier alpha value is -3.01. The van der Waals surface area contributed by atoms with E-state index in [1.807, 2.05) is 6.07 Å². The summed E-state index contributed by atoms with van der Waals surface area (Å²) in [7, 11) is 0. The zero-order valence-corrected chi connectivity index (χ0v) is 12.9. The summed E-state index contributed by atoms with van der Waals surface area (Å²) in [6.07, 6.45) is 0. The molecule has 0 radical (unpaired) electrons. The van der Waals surface area contributed by atoms with Gasteiger partial charge in [0, 0.05) is 0 Å². The number of nitriles is 1. The maximum absolute atomic E-state index is 12.1. The molecule has 120 valence electrons. The third kappa shape index (κ3) is 4.01. The van der Waals surface area contributed by atoms with Gasteiger partial charge in [0.15, 0.2) is 0 Å². The van der Waals surface area contributed by atoms with Crippen molar-refractivity contribution < 1.29 is 19.1 Å². The highest BCUT2D eigenvalue weighted by atomic mass is 16.5. The van der Waals surface area contributed by atoms with Crippen LogP contribution in [0.3, 0.4) is 0 Å². The van der Waals surface area contributed by atoms with Crippen LogP contribution in [0.1, 0.15) is 19.4 Å². The first kappa shape index (κ1) is 16.4. The lowest BCUT2D eigenvalue weighted by atomic mass is 10.0. The van der Waals surface area contributed by atoms with Crippen LogP contribution in [0.25, 0.3) is 0 Å². The van der Waals surface area contributed by atoms with Crippen molar-refractivity contribution in [2.45, 2.75) is 19.9 Å². The van der Waals surface area contributed by atoms with Gasteiger partial charge >= 0.3 is 12.0 Å². The van der Waals surface area contributed by atoms with E-state index >= 15 is 0 Å². The average molecular weight is 315 g/mol. The van der Waals surface area contributed by atoms with Gasteiger partial charge in [0.2, 0.25) is 0 Å². The number of ether oxygens (including phenoxy) is 2. The second kappa shape index (κ2) is 7.31. The molecule has 2 N–H and O–H groups in total. The first-order valence-corrected chi connectivity index (χ1v) is 7.15. The van der Waals surface area contributed by atoms with E-state index in [0.717, 1.165) is 0 Å². The summed E-state index contributed by atoms with van der Waals surface area (Å²) in [6.45, 7) is 3.67. The molecule has 0 bridgehead atoms. The second-order valence-corrected chi connectivity index (χ2v) is 4.86. The van der Waals surface area contributed by atoms with Crippen LogP contribution < -0.4 is 15.4 Å². The fraction of sp³-hybridized carbons (Fsp3) is 0.312. The largest absolute Gasteiger partial charge is 0.487 e. The van der Waals surface area contributed by atoms with Crippen molar-refractivity contribution in [3.05, 3.63) is 41.1 Å². The molecule has 1 aliphatic heterocycles. The summed E-state index contributed by atoms with van der Waals surface area (Å²) in [5, 5.41) is 14.0. The lowest BCUT2D eigenvalue weighted by Gasteiger charge is -2.26. The van der Waals surface area contributed by atoms with E-state index in [0.29, 0.717) is 22.6 Å². The molecule has 0 saturated heterocycles. The minimum absolute atomic E-state index is 0.0117. The normalized spacial score (nSPS) is 16.9. The molecule has 0 fully saturated rings. The van der Waals surface area contributed by atoms with Gasteiger partial charge < -0.3 is 20.1 Å². The molecule has 7 nitrogen and oxygen atoms in total. The summed E-state index contributed by atoms with van der Waals surface area (Å²) in [5.74, 6) is 0.0334. The highest BCUT2D eigenvalue weighted by molar-refractivity contribution is 5.94. The fourth-order valence-electron chi connectivity index (χ4n) is 2.17. The summed E-state index contributed by atoms with van der Waals surface area (Å²) >= 11 is 0. The first-order valence-electron chi connectivity index (χ1n) is 7.15. The Morgan fingerprint density at radius 3 is 2.65 bits per heavy atom. The number of hydrogen-bond acceptors (Lipinski definition) is 5. The summed E-state index contributed by atoms with van der Waals surface area (Å²) in [4.78, 5) is 23.7. The topological polar surface area (TPSA) is 100 Å². The van der Waals surface area contributed by atoms with Crippen LogP contribution in [0.2, 0.25) is 0 Å². The Labute approximate surface area is 133 Å². The summed E-state index contributed by atoms with van der Waals surface area (Å²) in [6, 6.07) is 7.69. The molecule has 0 aromatic heterocycles. The minimum Gasteiger partial charge on any atom is -0.487 e. The van der Waals surface area contributed by atoms with Gasteiger partial charge in [-0.15, -0.1) is 0 Å². The van der Waals surface area contributed by atoms with Crippen molar-refractivity contribution in [3.63, 3.8) is 0 Å². The fourth-order valence-corrected chi connectivity index (χ4v) is 2.17. The van der Waals surface area contributed by atoms with E-state index in [-0.39, 0.29) is 13.2 Å². The molecule has 0 saturated carbocycles. The van der Waals surface area contributed by atoms with Gasteiger partial charge in [0.1, 0.15) is 12.4 Å². The molecular formula is C16H17N3O4. The zero-order valence-electron chi connectivity index (χ0n) is 12.9. The molecule has 1 aromatic carbocycles. The van der Waals surface area contributed by atoms with Gasteiger partial charge in [-0.3, -0.25) is 0 Å². The van der Waals surface area contributed by atoms with Gasteiger partial charge in [-0.25, -0.2) is 9.59 Å². The number of nitrogens with zero attached hydrogens (tertiary/aromatic N) is 1. The quantitative estimate of drug-likeness (QED) is 0.801. The average Bonchev–Trinajstić information content (AvgIpc) is 2.53. The van der Waals surface area contributed by atoms with Gasteiger partial charge in [-0.1, -0.05) is 0 Å². The van der Waals surface area contributed by atoms with Crippen LogP contribution in [-0.2, 0) is 9.53 Å². The van der Waals surface area contributed by atoms with Crippen LogP contribution >= 0.6 is 0 Å². The molecule has 23 heavy (non-hydrogen) atoms. The van der Waals surface area contributed by atoms with Crippen molar-refractivity contribution >= 4 is 12.0 Å². The molecule has 1 heterocycles. The van der Waals surface area contributed by atoms with Crippen LogP contribution in [0.15, 0.2) is 35.5 Å². The molecule has 7 heteroatoms. The van der Waals surface area contributed by atoms with Crippen molar-refractivity contribution in [1.29, 1.82) is 5.26 Å². The Kier molecular flexibility index (Phi) is 5.20. The lowest BCUT2D eigenvalue weighted by molar-refractivity contribution is -0.139. The number of hydrogen-bond donors (Lipinski definition) is 2. The number of esters is 1. The molecule has 2 amide bonds. The van der Waals surface area contributed by atoms with E-state index < -0.39 is 18.0 Å². The highest BCUT2D eigenvalue weighted by Gasteiger charge is 2.29. The third-order valence-corrected chi connectivity index (χ3v) is 3.23. The summed E-state index contributed by atoms with van der Waals surface area (Å²) in [5.41, 5.74) is 1.22. The van der Waals surface area contributed by atoms with Crippen LogP contribution in [0, 0.1) is 11.3 Å². The molecule has 1 unspecified atom stereocenters. The number of urea groups is 1. The number of carbonyl (C=O) groups excluding carboxylic acids is 2. The molecular weight excluding hydrogens is 298 g/mol. The van der Waals surface area contributed by atoms with Crippen molar-refractivity contribution in [2.24, 2.45) is 0 Å². The number of nitrogens with one attached hydrogen (secondary N) is 2. The van der Waals surface area contributed by atoms with Gasteiger partial charge in [0.25, 0.3) is 0 Å². The van der Waals surface area contributed by atoms with E-state index in [2.05, 4.69) is 10.6 Å². The van der Waals surface area contributed by atoms with Crippen LogP contribution in [0.5, 0.6) is 5.75 Å². The first-order chi connectivity index (χ1) is 11.0. The Morgan fingerprint density at radius 1 is 1.35 bits per heavy atom. The van der Waals surface area contributed by atoms with Gasteiger partial charge in [-0.2, -0.15) is 5.26 Å². The SMILES string of the molecule is CCOC(=O)C1=C(COc2ccc(C#N)cc2)NC(=O)NC1C. The molecule has 2 rings (SSSR count). The van der Waals surface area contributed by atoms with E-state index in [1.165, 1.54) is 0 Å². The summed E-state index contributed by atoms with van der Waals surface area (Å²) < 4.78 is 10.6. The van der Waals surface area contributed by atoms with Gasteiger partial charge in [0.05, 0.1) is 35.6 Å². The molecule has 1 aliphatic rings. The highest BCUT2D eigenvalue weighted by Crippen LogP contribution is 2.17. The number of rotatable bonds is 5. The maximum atomic E-state index is 12.1. The lowest BCUT2D eigenvalue weighted by Crippen LogP contribution is -2.50. The standard InChI is InChI=1S/C16H17N3O4/c1-3-22-15(20)14-10(2)18-16(21)19-13(14)9-23-12-6-4-11(8-17)5-7-12/h4-7,10H,3,9H2,1-2H3,(H2,18,19,21). The number of benzene rings is 1. The van der Waals surface area contributed by atoms with Crippen LogP contribution in [0.4, 0.5) is 4.79 Å². The van der Waals surface area contributed by atoms with Gasteiger partial charge in [-0.05, 0) is 38.1 Å². The van der Waals surface area contributed by atoms with Crippen LogP contribution in [-0.4, -0.2) is 31.3 Å². The molecule has 0 aliphatic carbocycles. The van der Waals surface area contributed by atoms with Crippen molar-refractivity contribution in [2.75, 3.05) is 13.2 Å². The van der Waals surface area contributed by atoms with E-state index in [1.54, 1.807) is 38.1 Å². The zero-order chi connectivity index (χ0) is 16.8.